The van der Waals surface area contributed by atoms with Gasteiger partial charge in [-0.05, 0) is 37.1 Å². The summed E-state index contributed by atoms with van der Waals surface area (Å²) >= 11 is 1.37. The van der Waals surface area contributed by atoms with Crippen LogP contribution in [0.15, 0.2) is 35.4 Å². The van der Waals surface area contributed by atoms with E-state index in [1.54, 1.807) is 13.8 Å². The molecule has 1 aromatic carbocycles. The number of carbonyl (C=O) groups excluding carboxylic acids is 1. The molecular weight excluding hydrogens is 234 g/mol. The van der Waals surface area contributed by atoms with Gasteiger partial charge in [0.2, 0.25) is 11.4 Å². The fourth-order valence-electron chi connectivity index (χ4n) is 2.11. The van der Waals surface area contributed by atoms with Gasteiger partial charge in [-0.2, -0.15) is 0 Å². The minimum atomic E-state index is -1.48. The third-order valence-electron chi connectivity index (χ3n) is 3.38. The molecule has 0 radical (unpaired) electrons. The number of nitrogens with zero attached hydrogens (tertiary/aromatic N) is 1. The van der Waals surface area contributed by atoms with E-state index in [0.717, 1.165) is 10.2 Å². The molecule has 86 valence electrons. The van der Waals surface area contributed by atoms with E-state index in [-0.39, 0.29) is 5.78 Å². The summed E-state index contributed by atoms with van der Waals surface area (Å²) in [6.45, 7) is 3.52. The Bertz CT molecular complexity index is 638. The van der Waals surface area contributed by atoms with Crippen LogP contribution in [0.5, 0.6) is 0 Å². The molecule has 4 heteroatoms. The Labute approximate surface area is 102 Å². The van der Waals surface area contributed by atoms with E-state index < -0.39 is 5.60 Å². The Morgan fingerprint density at radius 3 is 2.65 bits per heavy atom. The van der Waals surface area contributed by atoms with Gasteiger partial charge in [-0.3, -0.25) is 4.79 Å². The quantitative estimate of drug-likeness (QED) is 0.839. The number of carbonyl (C=O) groups is 1. The molecule has 0 amide bonds. The molecule has 0 spiro atoms. The van der Waals surface area contributed by atoms with Crippen LogP contribution < -0.4 is 0 Å². The lowest BCUT2D eigenvalue weighted by Gasteiger charge is -2.35. The number of hydrogen-bond donors (Lipinski definition) is 1. The van der Waals surface area contributed by atoms with Crippen LogP contribution in [0.3, 0.4) is 0 Å². The molecule has 0 fully saturated rings. The predicted molar refractivity (Wildman–Crippen MR) is 66.9 cm³/mol. The van der Waals surface area contributed by atoms with E-state index in [2.05, 4.69) is 4.98 Å². The smallest absolute Gasteiger partial charge is 0.201 e. The molecule has 1 N–H and O–H groups in total. The molecular formula is C13H11NO2S. The summed E-state index contributed by atoms with van der Waals surface area (Å²) in [6, 6.07) is 7.64. The van der Waals surface area contributed by atoms with Crippen molar-refractivity contribution < 1.29 is 9.90 Å². The topological polar surface area (TPSA) is 50.2 Å². The zero-order chi connectivity index (χ0) is 12.2. The van der Waals surface area contributed by atoms with Crippen LogP contribution in [-0.4, -0.2) is 15.9 Å². The number of para-hydroxylation sites is 1. The van der Waals surface area contributed by atoms with E-state index in [1.807, 2.05) is 24.3 Å². The van der Waals surface area contributed by atoms with Crippen molar-refractivity contribution in [1.29, 1.82) is 0 Å². The first-order valence-corrected chi connectivity index (χ1v) is 6.18. The number of benzene rings is 1. The number of thiazole rings is 1. The molecule has 0 aliphatic heterocycles. The number of aromatic nitrogens is 1. The first-order valence-electron chi connectivity index (χ1n) is 5.36. The lowest BCUT2D eigenvalue weighted by atomic mass is 9.74. The summed E-state index contributed by atoms with van der Waals surface area (Å²) in [6.07, 6.45) is 0. The monoisotopic (exact) mass is 245 g/mol. The maximum Gasteiger partial charge on any atom is 0.201 e. The zero-order valence-corrected chi connectivity index (χ0v) is 10.3. The second-order valence-electron chi connectivity index (χ2n) is 4.28. The fraction of sp³-hybridized carbons (Fsp3) is 0.231. The normalized spacial score (nSPS) is 24.3. The largest absolute Gasteiger partial charge is 0.371 e. The van der Waals surface area contributed by atoms with Crippen molar-refractivity contribution in [1.82, 2.24) is 4.98 Å². The molecule has 0 saturated heterocycles. The van der Waals surface area contributed by atoms with Gasteiger partial charge in [-0.25, -0.2) is 4.98 Å². The molecule has 0 saturated carbocycles. The highest BCUT2D eigenvalue weighted by molar-refractivity contribution is 7.18. The Morgan fingerprint density at radius 1 is 1.29 bits per heavy atom. The van der Waals surface area contributed by atoms with Crippen LogP contribution in [0.4, 0.5) is 0 Å². The molecule has 1 unspecified atom stereocenters. The molecule has 1 aliphatic rings. The zero-order valence-electron chi connectivity index (χ0n) is 9.52. The van der Waals surface area contributed by atoms with Crippen molar-refractivity contribution in [3.05, 3.63) is 40.4 Å². The van der Waals surface area contributed by atoms with Gasteiger partial charge in [0.1, 0.15) is 5.01 Å². The van der Waals surface area contributed by atoms with Crippen molar-refractivity contribution in [2.75, 3.05) is 0 Å². The molecule has 1 aromatic heterocycles. The van der Waals surface area contributed by atoms with Crippen LogP contribution in [0.2, 0.25) is 0 Å². The van der Waals surface area contributed by atoms with Crippen molar-refractivity contribution in [2.24, 2.45) is 0 Å². The molecule has 1 atom stereocenters. The number of ketones is 1. The van der Waals surface area contributed by atoms with E-state index in [1.165, 1.54) is 11.3 Å². The molecule has 3 nitrogen and oxygen atoms in total. The summed E-state index contributed by atoms with van der Waals surface area (Å²) in [5, 5.41) is 10.9. The van der Waals surface area contributed by atoms with E-state index in [4.69, 9.17) is 0 Å². The van der Waals surface area contributed by atoms with Gasteiger partial charge in [-0.15, -0.1) is 11.3 Å². The van der Waals surface area contributed by atoms with Gasteiger partial charge in [-0.1, -0.05) is 12.1 Å². The number of Topliss-reactive ketones (excluding diaryl/α,β-unsaturated/α-hetero) is 1. The Kier molecular flexibility index (Phi) is 2.03. The highest BCUT2D eigenvalue weighted by Crippen LogP contribution is 2.45. The van der Waals surface area contributed by atoms with Crippen molar-refractivity contribution >= 4 is 27.3 Å². The van der Waals surface area contributed by atoms with Gasteiger partial charge in [0.05, 0.1) is 10.2 Å². The van der Waals surface area contributed by atoms with Crippen LogP contribution in [0.1, 0.15) is 18.9 Å². The second-order valence-corrected chi connectivity index (χ2v) is 5.31. The minimum absolute atomic E-state index is 0.228. The van der Waals surface area contributed by atoms with Crippen molar-refractivity contribution in [3.8, 4) is 0 Å². The second kappa shape index (κ2) is 3.24. The van der Waals surface area contributed by atoms with Gasteiger partial charge < -0.3 is 5.11 Å². The van der Waals surface area contributed by atoms with Gasteiger partial charge in [0, 0.05) is 0 Å². The first kappa shape index (κ1) is 10.6. The number of fused-ring (bicyclic) bond motifs is 1. The lowest BCUT2D eigenvalue weighted by Crippen LogP contribution is -2.46. The summed E-state index contributed by atoms with van der Waals surface area (Å²) < 4.78 is 0.987. The molecule has 1 aliphatic carbocycles. The highest BCUT2D eigenvalue weighted by Gasteiger charge is 2.51. The van der Waals surface area contributed by atoms with E-state index in [9.17, 15) is 9.90 Å². The third-order valence-corrected chi connectivity index (χ3v) is 4.52. The van der Waals surface area contributed by atoms with Gasteiger partial charge in [0.15, 0.2) is 0 Å². The molecule has 0 bridgehead atoms. The molecule has 17 heavy (non-hydrogen) atoms. The predicted octanol–water partition coefficient (Wildman–Crippen LogP) is 2.40. The number of aliphatic hydroxyl groups is 1. The van der Waals surface area contributed by atoms with Crippen LogP contribution in [0, 0.1) is 0 Å². The van der Waals surface area contributed by atoms with Crippen molar-refractivity contribution in [2.45, 2.75) is 19.4 Å². The average Bonchev–Trinajstić information content (AvgIpc) is 2.79. The molecule has 3 rings (SSSR count). The maximum absolute atomic E-state index is 11.8. The SMILES string of the molecule is CC1=C(C)C(O)(c2nc3ccccc3s2)C1=O. The van der Waals surface area contributed by atoms with E-state index >= 15 is 0 Å². The Morgan fingerprint density at radius 2 is 2.00 bits per heavy atom. The Balaban J connectivity index is 2.21. The minimum Gasteiger partial charge on any atom is -0.371 e. The van der Waals surface area contributed by atoms with Crippen LogP contribution in [-0.2, 0) is 10.4 Å². The number of rotatable bonds is 1. The van der Waals surface area contributed by atoms with Crippen LogP contribution >= 0.6 is 11.3 Å². The summed E-state index contributed by atoms with van der Waals surface area (Å²) in [5.41, 5.74) is 0.702. The third kappa shape index (κ3) is 1.19. The summed E-state index contributed by atoms with van der Waals surface area (Å²) in [5.74, 6) is -0.228. The first-order chi connectivity index (χ1) is 8.05. The van der Waals surface area contributed by atoms with Crippen LogP contribution in [0.25, 0.3) is 10.2 Å². The lowest BCUT2D eigenvalue weighted by molar-refractivity contribution is -0.134. The van der Waals surface area contributed by atoms with E-state index in [0.29, 0.717) is 16.2 Å². The number of hydrogen-bond acceptors (Lipinski definition) is 4. The summed E-state index contributed by atoms with van der Waals surface area (Å²) in [7, 11) is 0. The maximum atomic E-state index is 11.8. The molecule has 2 aromatic rings. The van der Waals surface area contributed by atoms with Crippen molar-refractivity contribution in [3.63, 3.8) is 0 Å². The average molecular weight is 245 g/mol. The standard InChI is InChI=1S/C13H11NO2S/c1-7-8(2)13(16,11(7)15)12-14-9-5-3-4-6-10(9)17-12/h3-6,16H,1-2H3. The highest BCUT2D eigenvalue weighted by atomic mass is 32.1. The van der Waals surface area contributed by atoms with Gasteiger partial charge >= 0.3 is 0 Å². The fourth-order valence-corrected chi connectivity index (χ4v) is 3.22. The summed E-state index contributed by atoms with van der Waals surface area (Å²) in [4.78, 5) is 16.2. The van der Waals surface area contributed by atoms with Gasteiger partial charge in [0.25, 0.3) is 0 Å². The Hall–Kier alpha value is -1.52. The molecule has 1 heterocycles.